The third-order valence-corrected chi connectivity index (χ3v) is 5.92. The lowest BCUT2D eigenvalue weighted by molar-refractivity contribution is 0.0312. The lowest BCUT2D eigenvalue weighted by atomic mass is 10.0. The molecule has 0 radical (unpaired) electrons. The molecule has 1 unspecified atom stereocenters. The van der Waals surface area contributed by atoms with Crippen LogP contribution in [0, 0.1) is 0 Å². The Morgan fingerprint density at radius 3 is 2.74 bits per heavy atom. The molecule has 0 aromatic heterocycles. The van der Waals surface area contributed by atoms with Crippen molar-refractivity contribution < 1.29 is 13.2 Å². The zero-order valence-electron chi connectivity index (χ0n) is 11.8. The molecule has 6 heteroatoms. The fraction of sp³-hybridized carbons (Fsp3) is 1.00. The molecule has 0 aromatic rings. The second-order valence-electron chi connectivity index (χ2n) is 6.00. The van der Waals surface area contributed by atoms with E-state index in [1.165, 1.54) is 0 Å². The fourth-order valence-electron chi connectivity index (χ4n) is 2.82. The highest BCUT2D eigenvalue weighted by atomic mass is 32.2. The Balaban J connectivity index is 1.57. The maximum absolute atomic E-state index is 11.5. The summed E-state index contributed by atoms with van der Waals surface area (Å²) in [5.41, 5.74) is -0.229. The molecule has 2 N–H and O–H groups in total. The summed E-state index contributed by atoms with van der Waals surface area (Å²) in [5, 5.41) is 6.70. The van der Waals surface area contributed by atoms with Gasteiger partial charge in [-0.15, -0.1) is 0 Å². The SMILES string of the molecule is CC1(NCCCOC2CCNCC2)CCS(=O)(=O)C1. The first-order chi connectivity index (χ1) is 8.99. The van der Waals surface area contributed by atoms with Crippen molar-refractivity contribution in [1.82, 2.24) is 10.6 Å². The summed E-state index contributed by atoms with van der Waals surface area (Å²) in [6.07, 6.45) is 4.28. The maximum Gasteiger partial charge on any atom is 0.152 e. The summed E-state index contributed by atoms with van der Waals surface area (Å²) in [5.74, 6) is 0.594. The van der Waals surface area contributed by atoms with Gasteiger partial charge in [0, 0.05) is 12.1 Å². The first kappa shape index (κ1) is 15.2. The Kier molecular flexibility index (Phi) is 5.22. The zero-order chi connectivity index (χ0) is 13.8. The monoisotopic (exact) mass is 290 g/mol. The number of sulfone groups is 1. The number of piperidine rings is 1. The molecule has 5 nitrogen and oxygen atoms in total. The maximum atomic E-state index is 11.5. The Morgan fingerprint density at radius 1 is 1.37 bits per heavy atom. The minimum Gasteiger partial charge on any atom is -0.378 e. The van der Waals surface area contributed by atoms with Gasteiger partial charge in [-0.2, -0.15) is 0 Å². The van der Waals surface area contributed by atoms with Crippen molar-refractivity contribution in [3.63, 3.8) is 0 Å². The summed E-state index contributed by atoms with van der Waals surface area (Å²) in [4.78, 5) is 0. The Bertz CT molecular complexity index is 379. The van der Waals surface area contributed by atoms with Crippen LogP contribution < -0.4 is 10.6 Å². The van der Waals surface area contributed by atoms with Crippen LogP contribution in [0.1, 0.15) is 32.6 Å². The predicted octanol–water partition coefficient (Wildman–Crippen LogP) is 0.312. The summed E-state index contributed by atoms with van der Waals surface area (Å²) in [7, 11) is -2.81. The second-order valence-corrected chi connectivity index (χ2v) is 8.19. The molecule has 112 valence electrons. The van der Waals surface area contributed by atoms with Gasteiger partial charge >= 0.3 is 0 Å². The standard InChI is InChI=1S/C13H26N2O3S/c1-13(5-10-19(16,17)11-13)15-6-2-9-18-12-3-7-14-8-4-12/h12,14-15H,2-11H2,1H3. The van der Waals surface area contributed by atoms with Gasteiger partial charge < -0.3 is 15.4 Å². The number of hydrogen-bond donors (Lipinski definition) is 2. The number of hydrogen-bond acceptors (Lipinski definition) is 5. The Morgan fingerprint density at radius 2 is 2.11 bits per heavy atom. The van der Waals surface area contributed by atoms with Crippen LogP contribution in [-0.4, -0.2) is 57.8 Å². The topological polar surface area (TPSA) is 67.4 Å². The van der Waals surface area contributed by atoms with E-state index in [9.17, 15) is 8.42 Å². The molecule has 2 fully saturated rings. The van der Waals surface area contributed by atoms with E-state index in [4.69, 9.17) is 4.74 Å². The van der Waals surface area contributed by atoms with E-state index in [2.05, 4.69) is 10.6 Å². The van der Waals surface area contributed by atoms with Crippen LogP contribution in [-0.2, 0) is 14.6 Å². The van der Waals surface area contributed by atoms with Crippen LogP contribution in [0.15, 0.2) is 0 Å². The smallest absolute Gasteiger partial charge is 0.152 e. The van der Waals surface area contributed by atoms with Crippen molar-refractivity contribution in [2.75, 3.05) is 37.7 Å². The van der Waals surface area contributed by atoms with E-state index in [1.807, 2.05) is 6.92 Å². The number of ether oxygens (including phenoxy) is 1. The predicted molar refractivity (Wildman–Crippen MR) is 76.1 cm³/mol. The van der Waals surface area contributed by atoms with Gasteiger partial charge in [0.2, 0.25) is 0 Å². The third-order valence-electron chi connectivity index (χ3n) is 4.02. The van der Waals surface area contributed by atoms with Crippen LogP contribution in [0.4, 0.5) is 0 Å². The second kappa shape index (κ2) is 6.52. The van der Waals surface area contributed by atoms with Gasteiger partial charge in [-0.05, 0) is 52.2 Å². The average molecular weight is 290 g/mol. The first-order valence-corrected chi connectivity index (χ1v) is 9.09. The molecule has 0 spiro atoms. The molecule has 2 heterocycles. The summed E-state index contributed by atoms with van der Waals surface area (Å²) < 4.78 is 28.8. The molecule has 0 amide bonds. The Hall–Kier alpha value is -0.170. The normalized spacial score (nSPS) is 31.6. The lowest BCUT2D eigenvalue weighted by Crippen LogP contribution is -2.44. The molecule has 0 aromatic carbocycles. The van der Waals surface area contributed by atoms with Crippen LogP contribution in [0.25, 0.3) is 0 Å². The first-order valence-electron chi connectivity index (χ1n) is 7.27. The summed E-state index contributed by atoms with van der Waals surface area (Å²) >= 11 is 0. The van der Waals surface area contributed by atoms with Crippen LogP contribution in [0.3, 0.4) is 0 Å². The van der Waals surface area contributed by atoms with Crippen LogP contribution >= 0.6 is 0 Å². The third kappa shape index (κ3) is 5.02. The highest BCUT2D eigenvalue weighted by Gasteiger charge is 2.37. The number of rotatable bonds is 6. The van der Waals surface area contributed by atoms with E-state index in [0.29, 0.717) is 11.9 Å². The van der Waals surface area contributed by atoms with Gasteiger partial charge in [-0.1, -0.05) is 0 Å². The number of nitrogens with one attached hydrogen (secondary N) is 2. The molecular weight excluding hydrogens is 264 g/mol. The summed E-state index contributed by atoms with van der Waals surface area (Å²) in [6, 6.07) is 0. The van der Waals surface area contributed by atoms with E-state index >= 15 is 0 Å². The van der Waals surface area contributed by atoms with Gasteiger partial charge in [0.05, 0.1) is 17.6 Å². The van der Waals surface area contributed by atoms with E-state index in [0.717, 1.165) is 51.9 Å². The molecule has 2 saturated heterocycles. The lowest BCUT2D eigenvalue weighted by Gasteiger charge is -2.25. The van der Waals surface area contributed by atoms with Crippen molar-refractivity contribution in [2.24, 2.45) is 0 Å². The van der Waals surface area contributed by atoms with Crippen molar-refractivity contribution in [1.29, 1.82) is 0 Å². The van der Waals surface area contributed by atoms with Crippen molar-refractivity contribution >= 4 is 9.84 Å². The quantitative estimate of drug-likeness (QED) is 0.689. The largest absolute Gasteiger partial charge is 0.378 e. The Labute approximate surface area is 116 Å². The summed E-state index contributed by atoms with van der Waals surface area (Å²) in [6.45, 7) is 5.71. The van der Waals surface area contributed by atoms with Gasteiger partial charge in [0.25, 0.3) is 0 Å². The molecule has 2 aliphatic heterocycles. The van der Waals surface area contributed by atoms with Crippen molar-refractivity contribution in [2.45, 2.75) is 44.2 Å². The molecule has 19 heavy (non-hydrogen) atoms. The van der Waals surface area contributed by atoms with E-state index < -0.39 is 9.84 Å². The highest BCUT2D eigenvalue weighted by molar-refractivity contribution is 7.91. The van der Waals surface area contributed by atoms with Gasteiger partial charge in [-0.25, -0.2) is 8.42 Å². The van der Waals surface area contributed by atoms with Crippen LogP contribution in [0.5, 0.6) is 0 Å². The fourth-order valence-corrected chi connectivity index (χ4v) is 4.95. The van der Waals surface area contributed by atoms with Gasteiger partial charge in [0.15, 0.2) is 9.84 Å². The average Bonchev–Trinajstić information content (AvgIpc) is 2.65. The highest BCUT2D eigenvalue weighted by Crippen LogP contribution is 2.22. The molecule has 0 aliphatic carbocycles. The van der Waals surface area contributed by atoms with Crippen molar-refractivity contribution in [3.05, 3.63) is 0 Å². The van der Waals surface area contributed by atoms with E-state index in [1.54, 1.807) is 0 Å². The van der Waals surface area contributed by atoms with Gasteiger partial charge in [0.1, 0.15) is 0 Å². The van der Waals surface area contributed by atoms with E-state index in [-0.39, 0.29) is 11.3 Å². The molecular formula is C13H26N2O3S. The van der Waals surface area contributed by atoms with Crippen LogP contribution in [0.2, 0.25) is 0 Å². The van der Waals surface area contributed by atoms with Gasteiger partial charge in [-0.3, -0.25) is 0 Å². The molecule has 0 saturated carbocycles. The van der Waals surface area contributed by atoms with Crippen molar-refractivity contribution in [3.8, 4) is 0 Å². The minimum atomic E-state index is -2.81. The molecule has 2 aliphatic rings. The minimum absolute atomic E-state index is 0.229. The molecule has 1 atom stereocenters. The molecule has 0 bridgehead atoms. The molecule has 2 rings (SSSR count). The zero-order valence-corrected chi connectivity index (χ0v) is 12.6.